The fraction of sp³-hybridized carbons (Fsp3) is 0.339. The molecular formula is C59H60N4O. The van der Waals surface area contributed by atoms with E-state index < -0.39 is 0 Å². The number of fused-ring (bicyclic) bond motifs is 5. The number of benzene rings is 2. The van der Waals surface area contributed by atoms with Gasteiger partial charge in [0.15, 0.2) is 0 Å². The maximum atomic E-state index is 6.99. The maximum absolute atomic E-state index is 6.99. The predicted octanol–water partition coefficient (Wildman–Crippen LogP) is 11.7. The predicted molar refractivity (Wildman–Crippen MR) is 263 cm³/mol. The second-order valence-electron chi connectivity index (χ2n) is 19.3. The van der Waals surface area contributed by atoms with Crippen LogP contribution in [0.4, 0.5) is 0 Å². The first kappa shape index (κ1) is 39.7. The average molecular weight is 841 g/mol. The van der Waals surface area contributed by atoms with Crippen molar-refractivity contribution in [3.05, 3.63) is 200 Å². The van der Waals surface area contributed by atoms with Crippen LogP contribution in [0, 0.1) is 11.8 Å². The summed E-state index contributed by atoms with van der Waals surface area (Å²) in [7, 11) is 4.53. The van der Waals surface area contributed by atoms with Crippen molar-refractivity contribution >= 4 is 29.0 Å². The van der Waals surface area contributed by atoms with Gasteiger partial charge in [0.2, 0.25) is 0 Å². The van der Waals surface area contributed by atoms with Crippen molar-refractivity contribution in [1.82, 2.24) is 14.7 Å². The second-order valence-corrected chi connectivity index (χ2v) is 19.3. The average Bonchev–Trinajstić information content (AvgIpc) is 3.88. The van der Waals surface area contributed by atoms with E-state index in [2.05, 4.69) is 175 Å². The Hall–Kier alpha value is -5.91. The summed E-state index contributed by atoms with van der Waals surface area (Å²) in [6, 6.07) is 18.2. The molecule has 322 valence electrons. The highest BCUT2D eigenvalue weighted by molar-refractivity contribution is 5.99. The summed E-state index contributed by atoms with van der Waals surface area (Å²) in [5, 5.41) is 2.47. The molecule has 0 bridgehead atoms. The number of hydrogen-bond acceptors (Lipinski definition) is 5. The van der Waals surface area contributed by atoms with Gasteiger partial charge in [-0.2, -0.15) is 0 Å². The van der Waals surface area contributed by atoms with Crippen LogP contribution in [0.1, 0.15) is 94.1 Å². The van der Waals surface area contributed by atoms with Crippen LogP contribution in [0.15, 0.2) is 188 Å². The number of amidine groups is 1. The lowest BCUT2D eigenvalue weighted by Crippen LogP contribution is -2.58. The first-order valence-corrected chi connectivity index (χ1v) is 24.3. The lowest BCUT2D eigenvalue weighted by atomic mass is 9.76. The summed E-state index contributed by atoms with van der Waals surface area (Å²) in [6.45, 7) is 0. The number of furan rings is 1. The molecule has 0 fully saturated rings. The van der Waals surface area contributed by atoms with Gasteiger partial charge >= 0.3 is 0 Å². The van der Waals surface area contributed by atoms with E-state index in [0.29, 0.717) is 5.92 Å². The van der Waals surface area contributed by atoms with Gasteiger partial charge in [0.1, 0.15) is 29.2 Å². The van der Waals surface area contributed by atoms with Gasteiger partial charge in [-0.15, -0.1) is 0 Å². The lowest BCUT2D eigenvalue weighted by Gasteiger charge is -2.48. The Morgan fingerprint density at radius 1 is 0.719 bits per heavy atom. The van der Waals surface area contributed by atoms with E-state index in [-0.39, 0.29) is 30.2 Å². The zero-order valence-corrected chi connectivity index (χ0v) is 37.5. The van der Waals surface area contributed by atoms with Crippen LogP contribution in [0.5, 0.6) is 0 Å². The topological polar surface area (TPSA) is 35.2 Å². The standard InChI is InChI=1S/C59H60N4O/c1-61-57(40-20-9-4-10-21-40)60-58(62(2)59(61)41-22-11-5-12-23-41)52-35-44(43-25-17-24-42(34-43)39-18-7-3-8-19-39)30-32-47(52)45-31-33-49-51-37-50-48-28-15-16-29-53(48)63(46-26-13-6-14-27-46)54(50)38-56(51)64-55(49)36-45/h4,6,9-11,13,16,18,20-23,25-26,29-38,47,50,52,54,58-59H,3,5,7-8,12,14-15,17,19,24,27-28H2,1-2H3. The van der Waals surface area contributed by atoms with Crippen LogP contribution in [0.3, 0.4) is 0 Å². The smallest absolute Gasteiger partial charge is 0.135 e. The van der Waals surface area contributed by atoms with E-state index >= 15 is 0 Å². The van der Waals surface area contributed by atoms with E-state index in [1.54, 1.807) is 11.1 Å². The Balaban J connectivity index is 0.968. The number of aliphatic imine (C=N–C) groups is 1. The van der Waals surface area contributed by atoms with E-state index in [1.165, 1.54) is 75.5 Å². The maximum Gasteiger partial charge on any atom is 0.135 e. The molecule has 0 N–H and O–H groups in total. The normalized spacial score (nSPS) is 28.8. The summed E-state index contributed by atoms with van der Waals surface area (Å²) >= 11 is 0. The summed E-state index contributed by atoms with van der Waals surface area (Å²) in [6.07, 6.45) is 52.5. The van der Waals surface area contributed by atoms with Crippen molar-refractivity contribution < 1.29 is 4.42 Å². The molecule has 3 heterocycles. The quantitative estimate of drug-likeness (QED) is 0.237. The van der Waals surface area contributed by atoms with Gasteiger partial charge in [0.25, 0.3) is 0 Å². The number of allylic oxidation sites excluding steroid dienone is 17. The zero-order valence-electron chi connectivity index (χ0n) is 37.5. The van der Waals surface area contributed by atoms with E-state index in [1.807, 2.05) is 0 Å². The molecule has 0 saturated heterocycles. The van der Waals surface area contributed by atoms with Crippen LogP contribution in [-0.2, 0) is 0 Å². The van der Waals surface area contributed by atoms with Crippen molar-refractivity contribution in [2.45, 2.75) is 101 Å². The molecule has 0 radical (unpaired) electrons. The number of rotatable bonds is 7. The molecule has 0 saturated carbocycles. The van der Waals surface area contributed by atoms with Crippen LogP contribution in [0.25, 0.3) is 23.1 Å². The molecule has 5 heteroatoms. The molecule has 6 atom stereocenters. The zero-order chi connectivity index (χ0) is 42.7. The molecule has 2 aromatic carbocycles. The summed E-state index contributed by atoms with van der Waals surface area (Å²) in [5.74, 6) is 1.56. The molecule has 12 rings (SSSR count). The summed E-state index contributed by atoms with van der Waals surface area (Å²) < 4.78 is 6.99. The SMILES string of the molecule is CN1C(c2ccccc2)=NC(C2C=C(C3=CCCC(C4=CCCCC4)=C3)C=CC2c2ccc3c4c(oc3c2)=CC2C(C=4)C3=C(C=CCC3)N2C2=CC=CCC2)N(C)C1C1=CCCC=C1. The largest absolute Gasteiger partial charge is 0.456 e. The first-order chi connectivity index (χ1) is 31.6. The highest BCUT2D eigenvalue weighted by Crippen LogP contribution is 2.46. The van der Waals surface area contributed by atoms with Crippen LogP contribution < -0.4 is 10.6 Å². The van der Waals surface area contributed by atoms with Gasteiger partial charge in [0.05, 0.1) is 6.04 Å². The Labute approximate surface area is 379 Å². The van der Waals surface area contributed by atoms with Gasteiger partial charge in [-0.05, 0) is 147 Å². The highest BCUT2D eigenvalue weighted by Gasteiger charge is 2.43. The monoisotopic (exact) mass is 840 g/mol. The fourth-order valence-corrected chi connectivity index (χ4v) is 12.4. The van der Waals surface area contributed by atoms with Gasteiger partial charge in [-0.25, -0.2) is 4.99 Å². The van der Waals surface area contributed by atoms with Crippen molar-refractivity contribution in [2.75, 3.05) is 14.1 Å². The third-order valence-corrected chi connectivity index (χ3v) is 15.5. The number of hydrogen-bond donors (Lipinski definition) is 0. The molecule has 2 aliphatic heterocycles. The first-order valence-electron chi connectivity index (χ1n) is 24.3. The van der Waals surface area contributed by atoms with Gasteiger partial charge in [0, 0.05) is 52.4 Å². The Kier molecular flexibility index (Phi) is 10.3. The Morgan fingerprint density at radius 3 is 2.47 bits per heavy atom. The molecule has 7 aliphatic carbocycles. The lowest BCUT2D eigenvalue weighted by molar-refractivity contribution is 0.0771. The highest BCUT2D eigenvalue weighted by atomic mass is 16.3. The Bertz CT molecular complexity index is 2920. The molecule has 6 unspecified atom stereocenters. The minimum Gasteiger partial charge on any atom is -0.456 e. The molecule has 0 spiro atoms. The molecule has 9 aliphatic rings. The second kappa shape index (κ2) is 16.6. The molecule has 3 aromatic rings. The van der Waals surface area contributed by atoms with Gasteiger partial charge < -0.3 is 14.2 Å². The third-order valence-electron chi connectivity index (χ3n) is 15.5. The number of nitrogens with zero attached hydrogens (tertiary/aromatic N) is 4. The molecule has 1 aromatic heterocycles. The molecule has 5 nitrogen and oxygen atoms in total. The van der Waals surface area contributed by atoms with E-state index in [4.69, 9.17) is 9.41 Å². The summed E-state index contributed by atoms with van der Waals surface area (Å²) in [4.78, 5) is 13.4. The van der Waals surface area contributed by atoms with Crippen LogP contribution >= 0.6 is 0 Å². The third kappa shape index (κ3) is 6.90. The minimum atomic E-state index is -0.116. The van der Waals surface area contributed by atoms with Gasteiger partial charge in [-0.3, -0.25) is 4.90 Å². The molecule has 64 heavy (non-hydrogen) atoms. The molecule has 0 amide bonds. The van der Waals surface area contributed by atoms with E-state index in [0.717, 1.165) is 73.8 Å². The van der Waals surface area contributed by atoms with Crippen molar-refractivity contribution in [2.24, 2.45) is 16.8 Å². The fourth-order valence-electron chi connectivity index (χ4n) is 12.4. The van der Waals surface area contributed by atoms with Gasteiger partial charge in [-0.1, -0.05) is 121 Å². The van der Waals surface area contributed by atoms with E-state index in [9.17, 15) is 0 Å². The van der Waals surface area contributed by atoms with Crippen LogP contribution in [-0.4, -0.2) is 53.0 Å². The van der Waals surface area contributed by atoms with Crippen molar-refractivity contribution in [1.29, 1.82) is 0 Å². The number of likely N-dealkylation sites (N-methyl/N-ethyl adjacent to an activating group) is 2. The Morgan fingerprint density at radius 2 is 1.62 bits per heavy atom. The minimum absolute atomic E-state index is 0.0522. The van der Waals surface area contributed by atoms with Crippen LogP contribution in [0.2, 0.25) is 0 Å². The van der Waals surface area contributed by atoms with Crippen molar-refractivity contribution in [3.63, 3.8) is 0 Å². The molecular weight excluding hydrogens is 781 g/mol. The van der Waals surface area contributed by atoms with Crippen molar-refractivity contribution in [3.8, 4) is 0 Å². The summed E-state index contributed by atoms with van der Waals surface area (Å²) in [5.41, 5.74) is 16.0.